The van der Waals surface area contributed by atoms with Gasteiger partial charge in [0.2, 0.25) is 0 Å². The van der Waals surface area contributed by atoms with Gasteiger partial charge < -0.3 is 24.3 Å². The van der Waals surface area contributed by atoms with Crippen LogP contribution in [0.2, 0.25) is 0 Å². The van der Waals surface area contributed by atoms with Crippen molar-refractivity contribution in [3.63, 3.8) is 0 Å². The number of nitrogens with zero attached hydrogens (tertiary/aromatic N) is 1. The van der Waals surface area contributed by atoms with E-state index in [1.165, 1.54) is 12.1 Å². The second kappa shape index (κ2) is 13.1. The van der Waals surface area contributed by atoms with Crippen LogP contribution in [0.1, 0.15) is 5.56 Å². The molecule has 0 radical (unpaired) electrons. The number of ether oxygens (including phenoxy) is 4. The molecule has 9 heteroatoms. The smallest absolute Gasteiger partial charge is 0.407 e. The molecule has 0 saturated carbocycles. The third kappa shape index (κ3) is 9.54. The maximum absolute atomic E-state index is 11.5. The minimum atomic E-state index is -0.489. The molecule has 0 saturated heterocycles. The van der Waals surface area contributed by atoms with Crippen LogP contribution in [0, 0.1) is 10.1 Å². The van der Waals surface area contributed by atoms with E-state index >= 15 is 0 Å². The Morgan fingerprint density at radius 1 is 0.897 bits per heavy atom. The second-order valence-corrected chi connectivity index (χ2v) is 5.81. The van der Waals surface area contributed by atoms with E-state index in [0.29, 0.717) is 45.3 Å². The maximum atomic E-state index is 11.5. The molecule has 1 amide bonds. The summed E-state index contributed by atoms with van der Waals surface area (Å²) in [6.07, 6.45) is -0.489. The second-order valence-electron chi connectivity index (χ2n) is 5.81. The van der Waals surface area contributed by atoms with Gasteiger partial charge >= 0.3 is 6.09 Å². The van der Waals surface area contributed by atoms with Crippen LogP contribution in [0.3, 0.4) is 0 Å². The Kier molecular flexibility index (Phi) is 9.98. The van der Waals surface area contributed by atoms with Crippen molar-refractivity contribution >= 4 is 11.8 Å². The first-order valence-electron chi connectivity index (χ1n) is 9.12. The van der Waals surface area contributed by atoms with Gasteiger partial charge in [0.05, 0.1) is 31.4 Å². The molecule has 0 aromatic heterocycles. The average Bonchev–Trinajstić information content (AvgIpc) is 2.74. The van der Waals surface area contributed by atoms with Crippen molar-refractivity contribution in [3.8, 4) is 5.75 Å². The van der Waals surface area contributed by atoms with Gasteiger partial charge in [-0.25, -0.2) is 4.79 Å². The first-order valence-corrected chi connectivity index (χ1v) is 9.12. The molecule has 0 aliphatic rings. The number of carbonyl (C=O) groups excluding carboxylic acids is 1. The largest absolute Gasteiger partial charge is 0.491 e. The number of hydrogen-bond donors (Lipinski definition) is 1. The highest BCUT2D eigenvalue weighted by molar-refractivity contribution is 5.67. The molecule has 0 aliphatic carbocycles. The predicted molar refractivity (Wildman–Crippen MR) is 105 cm³/mol. The quantitative estimate of drug-likeness (QED) is 0.310. The number of nitro benzene ring substituents is 1. The SMILES string of the molecule is O=C(NCCOCCOCCOc1ccc([N+](=O)[O-])cc1)OCc1ccccc1. The molecule has 156 valence electrons. The van der Waals surface area contributed by atoms with E-state index in [1.807, 2.05) is 30.3 Å². The Morgan fingerprint density at radius 2 is 1.55 bits per heavy atom. The molecule has 2 rings (SSSR count). The van der Waals surface area contributed by atoms with Crippen LogP contribution in [-0.2, 0) is 20.8 Å². The lowest BCUT2D eigenvalue weighted by molar-refractivity contribution is -0.384. The zero-order chi connectivity index (χ0) is 20.7. The Bertz CT molecular complexity index is 738. The number of alkyl carbamates (subject to hydrolysis) is 1. The Morgan fingerprint density at radius 3 is 2.24 bits per heavy atom. The minimum absolute atomic E-state index is 0.0182. The van der Waals surface area contributed by atoms with Crippen molar-refractivity contribution in [2.75, 3.05) is 39.6 Å². The molecule has 0 bridgehead atoms. The van der Waals surface area contributed by atoms with Crippen LogP contribution in [0.4, 0.5) is 10.5 Å². The molecule has 0 fully saturated rings. The van der Waals surface area contributed by atoms with Crippen LogP contribution in [0.15, 0.2) is 54.6 Å². The lowest BCUT2D eigenvalue weighted by Gasteiger charge is -2.09. The van der Waals surface area contributed by atoms with E-state index in [9.17, 15) is 14.9 Å². The zero-order valence-electron chi connectivity index (χ0n) is 16.0. The highest BCUT2D eigenvalue weighted by Crippen LogP contribution is 2.17. The fourth-order valence-corrected chi connectivity index (χ4v) is 2.20. The summed E-state index contributed by atoms with van der Waals surface area (Å²) < 4.78 is 21.2. The number of carbonyl (C=O) groups is 1. The molecule has 9 nitrogen and oxygen atoms in total. The summed E-state index contributed by atoms with van der Waals surface area (Å²) in [5.41, 5.74) is 0.943. The lowest BCUT2D eigenvalue weighted by Crippen LogP contribution is -2.28. The molecular weight excluding hydrogens is 380 g/mol. The minimum Gasteiger partial charge on any atom is -0.491 e. The monoisotopic (exact) mass is 404 g/mol. The van der Waals surface area contributed by atoms with Crippen LogP contribution in [-0.4, -0.2) is 50.6 Å². The summed E-state index contributed by atoms with van der Waals surface area (Å²) in [5.74, 6) is 0.542. The zero-order valence-corrected chi connectivity index (χ0v) is 16.0. The summed E-state index contributed by atoms with van der Waals surface area (Å²) in [6.45, 7) is 2.39. The van der Waals surface area contributed by atoms with Crippen molar-refractivity contribution in [3.05, 3.63) is 70.3 Å². The molecule has 1 N–H and O–H groups in total. The number of hydrogen-bond acceptors (Lipinski definition) is 7. The van der Waals surface area contributed by atoms with E-state index in [-0.39, 0.29) is 12.3 Å². The molecule has 2 aromatic carbocycles. The van der Waals surface area contributed by atoms with Crippen LogP contribution < -0.4 is 10.1 Å². The van der Waals surface area contributed by atoms with Gasteiger partial charge in [0.25, 0.3) is 5.69 Å². The topological polar surface area (TPSA) is 109 Å². The van der Waals surface area contributed by atoms with Gasteiger partial charge in [-0.2, -0.15) is 0 Å². The normalized spacial score (nSPS) is 10.3. The fourth-order valence-electron chi connectivity index (χ4n) is 2.20. The number of non-ortho nitro benzene ring substituents is 1. The predicted octanol–water partition coefficient (Wildman–Crippen LogP) is 2.93. The molecule has 0 aliphatic heterocycles. The third-order valence-electron chi connectivity index (χ3n) is 3.64. The Labute approximate surface area is 168 Å². The highest BCUT2D eigenvalue weighted by atomic mass is 16.6. The van der Waals surface area contributed by atoms with Gasteiger partial charge in [0.1, 0.15) is 19.0 Å². The molecule has 29 heavy (non-hydrogen) atoms. The summed E-state index contributed by atoms with van der Waals surface area (Å²) in [5, 5.41) is 13.2. The average molecular weight is 404 g/mol. The summed E-state index contributed by atoms with van der Waals surface area (Å²) in [7, 11) is 0. The third-order valence-corrected chi connectivity index (χ3v) is 3.64. The molecule has 0 heterocycles. The Hall–Kier alpha value is -3.17. The van der Waals surface area contributed by atoms with E-state index in [4.69, 9.17) is 18.9 Å². The van der Waals surface area contributed by atoms with Gasteiger partial charge in [-0.1, -0.05) is 30.3 Å². The van der Waals surface area contributed by atoms with Crippen molar-refractivity contribution in [1.29, 1.82) is 0 Å². The number of rotatable bonds is 13. The maximum Gasteiger partial charge on any atom is 0.407 e. The number of nitrogens with one attached hydrogen (secondary N) is 1. The van der Waals surface area contributed by atoms with Gasteiger partial charge in [-0.3, -0.25) is 10.1 Å². The van der Waals surface area contributed by atoms with Crippen molar-refractivity contribution in [2.24, 2.45) is 0 Å². The van der Waals surface area contributed by atoms with Gasteiger partial charge in [-0.15, -0.1) is 0 Å². The van der Waals surface area contributed by atoms with Crippen molar-refractivity contribution in [2.45, 2.75) is 6.61 Å². The lowest BCUT2D eigenvalue weighted by atomic mass is 10.2. The standard InChI is InChI=1S/C20H24N2O7/c23-20(29-16-17-4-2-1-3-5-17)21-10-11-26-12-13-27-14-15-28-19-8-6-18(7-9-19)22(24)25/h1-9H,10-16H2,(H,21,23). The first kappa shape index (κ1) is 22.1. The molecular formula is C20H24N2O7. The van der Waals surface area contributed by atoms with E-state index in [2.05, 4.69) is 5.32 Å². The first-order chi connectivity index (χ1) is 14.1. The van der Waals surface area contributed by atoms with E-state index < -0.39 is 11.0 Å². The van der Waals surface area contributed by atoms with E-state index in [1.54, 1.807) is 12.1 Å². The van der Waals surface area contributed by atoms with Crippen LogP contribution in [0.25, 0.3) is 0 Å². The van der Waals surface area contributed by atoms with Crippen LogP contribution >= 0.6 is 0 Å². The van der Waals surface area contributed by atoms with E-state index in [0.717, 1.165) is 5.56 Å². The summed E-state index contributed by atoms with van der Waals surface area (Å²) >= 11 is 0. The van der Waals surface area contributed by atoms with Crippen LogP contribution in [0.5, 0.6) is 5.75 Å². The Balaban J connectivity index is 1.39. The van der Waals surface area contributed by atoms with Gasteiger partial charge in [0, 0.05) is 18.7 Å². The molecule has 0 atom stereocenters. The number of amides is 1. The van der Waals surface area contributed by atoms with Crippen molar-refractivity contribution in [1.82, 2.24) is 5.32 Å². The number of benzene rings is 2. The van der Waals surface area contributed by atoms with Gasteiger partial charge in [0.15, 0.2) is 0 Å². The molecule has 0 spiro atoms. The van der Waals surface area contributed by atoms with Gasteiger partial charge in [-0.05, 0) is 17.7 Å². The number of nitro groups is 1. The fraction of sp³-hybridized carbons (Fsp3) is 0.350. The summed E-state index contributed by atoms with van der Waals surface area (Å²) in [4.78, 5) is 21.6. The van der Waals surface area contributed by atoms with Crippen molar-refractivity contribution < 1.29 is 28.7 Å². The highest BCUT2D eigenvalue weighted by Gasteiger charge is 2.04. The molecule has 0 unspecified atom stereocenters. The molecule has 2 aromatic rings. The summed E-state index contributed by atoms with van der Waals surface area (Å²) in [6, 6.07) is 15.3.